The topological polar surface area (TPSA) is 21.3 Å². The first-order valence-electron chi connectivity index (χ1n) is 7.59. The van der Waals surface area contributed by atoms with E-state index in [9.17, 15) is 0 Å². The number of nitrogens with one attached hydrogen (secondary N) is 1. The Morgan fingerprint density at radius 3 is 2.67 bits per heavy atom. The largest absolute Gasteiger partial charge is 0.383 e. The Hall–Kier alpha value is -0.340. The smallest absolute Gasteiger partial charge is 0.0587 e. The van der Waals surface area contributed by atoms with E-state index in [1.165, 1.54) is 32.1 Å². The first-order chi connectivity index (χ1) is 8.74. The highest BCUT2D eigenvalue weighted by atomic mass is 16.5. The fourth-order valence-corrected chi connectivity index (χ4v) is 2.20. The second-order valence-corrected chi connectivity index (χ2v) is 5.20. The Morgan fingerprint density at radius 1 is 1.28 bits per heavy atom. The zero-order chi connectivity index (χ0) is 13.6. The fraction of sp³-hybridized carbons (Fsp3) is 0.875. The van der Waals surface area contributed by atoms with Crippen molar-refractivity contribution in [1.29, 1.82) is 0 Å². The summed E-state index contributed by atoms with van der Waals surface area (Å²) >= 11 is 0. The SMILES string of the molecule is CCCCC(CC)CC(C)=CCCNCCOC. The third-order valence-corrected chi connectivity index (χ3v) is 3.45. The third-order valence-electron chi connectivity index (χ3n) is 3.45. The van der Waals surface area contributed by atoms with Crippen molar-refractivity contribution in [2.75, 3.05) is 26.8 Å². The van der Waals surface area contributed by atoms with Gasteiger partial charge >= 0.3 is 0 Å². The standard InChI is InChI=1S/C16H33NO/c1-5-7-10-16(6-2)14-15(3)9-8-11-17-12-13-18-4/h9,16-17H,5-8,10-14H2,1-4H3. The summed E-state index contributed by atoms with van der Waals surface area (Å²) < 4.78 is 5.00. The summed E-state index contributed by atoms with van der Waals surface area (Å²) in [6, 6.07) is 0. The molecule has 0 aromatic rings. The minimum absolute atomic E-state index is 0.803. The molecule has 2 heteroatoms. The second-order valence-electron chi connectivity index (χ2n) is 5.20. The molecule has 0 aliphatic carbocycles. The first kappa shape index (κ1) is 17.7. The molecule has 0 saturated heterocycles. The molecule has 1 atom stereocenters. The molecule has 0 aliphatic heterocycles. The first-order valence-corrected chi connectivity index (χ1v) is 7.59. The van der Waals surface area contributed by atoms with Gasteiger partial charge in [-0.3, -0.25) is 0 Å². The van der Waals surface area contributed by atoms with Crippen LogP contribution >= 0.6 is 0 Å². The molecular weight excluding hydrogens is 222 g/mol. The number of unbranched alkanes of at least 4 members (excludes halogenated alkanes) is 1. The Labute approximate surface area is 114 Å². The average Bonchev–Trinajstić information content (AvgIpc) is 2.38. The van der Waals surface area contributed by atoms with E-state index in [4.69, 9.17) is 4.74 Å². The van der Waals surface area contributed by atoms with Crippen molar-refractivity contribution in [1.82, 2.24) is 5.32 Å². The van der Waals surface area contributed by atoms with Gasteiger partial charge in [0.05, 0.1) is 6.61 Å². The molecule has 0 fully saturated rings. The van der Waals surface area contributed by atoms with Crippen LogP contribution in [0, 0.1) is 5.92 Å². The van der Waals surface area contributed by atoms with Gasteiger partial charge in [-0.2, -0.15) is 0 Å². The van der Waals surface area contributed by atoms with E-state index < -0.39 is 0 Å². The van der Waals surface area contributed by atoms with Crippen molar-refractivity contribution >= 4 is 0 Å². The highest BCUT2D eigenvalue weighted by Crippen LogP contribution is 2.21. The van der Waals surface area contributed by atoms with Gasteiger partial charge in [0.2, 0.25) is 0 Å². The summed E-state index contributed by atoms with van der Waals surface area (Å²) in [5.74, 6) is 0.891. The van der Waals surface area contributed by atoms with Gasteiger partial charge in [-0.05, 0) is 32.2 Å². The lowest BCUT2D eigenvalue weighted by Gasteiger charge is -2.14. The van der Waals surface area contributed by atoms with Crippen LogP contribution in [0.2, 0.25) is 0 Å². The molecule has 18 heavy (non-hydrogen) atoms. The van der Waals surface area contributed by atoms with Gasteiger partial charge in [0.1, 0.15) is 0 Å². The maximum absolute atomic E-state index is 5.00. The monoisotopic (exact) mass is 255 g/mol. The summed E-state index contributed by atoms with van der Waals surface area (Å²) in [7, 11) is 1.74. The minimum atomic E-state index is 0.803. The van der Waals surface area contributed by atoms with Gasteiger partial charge in [0.15, 0.2) is 0 Å². The summed E-state index contributed by atoms with van der Waals surface area (Å²) in [5, 5.41) is 3.37. The number of hydrogen-bond donors (Lipinski definition) is 1. The zero-order valence-corrected chi connectivity index (χ0v) is 12.9. The predicted octanol–water partition coefficient (Wildman–Crippen LogP) is 4.17. The quantitative estimate of drug-likeness (QED) is 0.417. The highest BCUT2D eigenvalue weighted by molar-refractivity contribution is 4.99. The Balaban J connectivity index is 3.66. The van der Waals surface area contributed by atoms with Crippen molar-refractivity contribution in [3.05, 3.63) is 11.6 Å². The summed E-state index contributed by atoms with van der Waals surface area (Å²) in [6.07, 6.45) is 10.2. The normalized spacial score (nSPS) is 13.9. The van der Waals surface area contributed by atoms with E-state index in [0.717, 1.165) is 32.0 Å². The van der Waals surface area contributed by atoms with Crippen LogP contribution in [0.3, 0.4) is 0 Å². The van der Waals surface area contributed by atoms with Crippen molar-refractivity contribution in [3.8, 4) is 0 Å². The minimum Gasteiger partial charge on any atom is -0.383 e. The molecule has 0 aliphatic rings. The van der Waals surface area contributed by atoms with Gasteiger partial charge in [-0.15, -0.1) is 0 Å². The molecule has 0 radical (unpaired) electrons. The molecule has 2 nitrogen and oxygen atoms in total. The molecule has 0 saturated carbocycles. The maximum atomic E-state index is 5.00. The average molecular weight is 255 g/mol. The molecule has 0 rings (SSSR count). The molecule has 0 bridgehead atoms. The molecule has 0 heterocycles. The van der Waals surface area contributed by atoms with Gasteiger partial charge in [-0.25, -0.2) is 0 Å². The number of allylic oxidation sites excluding steroid dienone is 1. The number of methoxy groups -OCH3 is 1. The highest BCUT2D eigenvalue weighted by Gasteiger charge is 2.05. The molecule has 0 amide bonds. The molecular formula is C16H33NO. The lowest BCUT2D eigenvalue weighted by molar-refractivity contribution is 0.199. The van der Waals surface area contributed by atoms with Crippen LogP contribution in [0.4, 0.5) is 0 Å². The van der Waals surface area contributed by atoms with Gasteiger partial charge in [0, 0.05) is 13.7 Å². The van der Waals surface area contributed by atoms with Gasteiger partial charge in [-0.1, -0.05) is 51.2 Å². The van der Waals surface area contributed by atoms with E-state index in [0.29, 0.717) is 0 Å². The number of ether oxygens (including phenoxy) is 1. The van der Waals surface area contributed by atoms with Crippen LogP contribution in [0.5, 0.6) is 0 Å². The van der Waals surface area contributed by atoms with Crippen LogP contribution in [0.25, 0.3) is 0 Å². The molecule has 0 aromatic heterocycles. The van der Waals surface area contributed by atoms with Crippen LogP contribution in [0.1, 0.15) is 59.3 Å². The van der Waals surface area contributed by atoms with Crippen LogP contribution < -0.4 is 5.32 Å². The van der Waals surface area contributed by atoms with Crippen molar-refractivity contribution in [3.63, 3.8) is 0 Å². The summed E-state index contributed by atoms with van der Waals surface area (Å²) in [6.45, 7) is 9.70. The zero-order valence-electron chi connectivity index (χ0n) is 12.9. The van der Waals surface area contributed by atoms with Crippen molar-refractivity contribution in [2.24, 2.45) is 5.92 Å². The Morgan fingerprint density at radius 2 is 2.06 bits per heavy atom. The molecule has 1 unspecified atom stereocenters. The lowest BCUT2D eigenvalue weighted by Crippen LogP contribution is -2.19. The van der Waals surface area contributed by atoms with Gasteiger partial charge in [0.25, 0.3) is 0 Å². The van der Waals surface area contributed by atoms with Gasteiger partial charge < -0.3 is 10.1 Å². The summed E-state index contributed by atoms with van der Waals surface area (Å²) in [5.41, 5.74) is 1.56. The lowest BCUT2D eigenvalue weighted by atomic mass is 9.92. The molecule has 0 spiro atoms. The van der Waals surface area contributed by atoms with E-state index in [1.54, 1.807) is 12.7 Å². The number of hydrogen-bond acceptors (Lipinski definition) is 2. The molecule has 1 N–H and O–H groups in total. The fourth-order valence-electron chi connectivity index (χ4n) is 2.20. The number of rotatable bonds is 12. The van der Waals surface area contributed by atoms with E-state index in [1.807, 2.05) is 0 Å². The van der Waals surface area contributed by atoms with E-state index in [2.05, 4.69) is 32.2 Å². The van der Waals surface area contributed by atoms with Crippen molar-refractivity contribution < 1.29 is 4.74 Å². The maximum Gasteiger partial charge on any atom is 0.0587 e. The van der Waals surface area contributed by atoms with Crippen molar-refractivity contribution in [2.45, 2.75) is 59.3 Å². The predicted molar refractivity (Wildman–Crippen MR) is 81.0 cm³/mol. The summed E-state index contributed by atoms with van der Waals surface area (Å²) in [4.78, 5) is 0. The second kappa shape index (κ2) is 13.1. The molecule has 0 aromatic carbocycles. The Bertz CT molecular complexity index is 201. The van der Waals surface area contributed by atoms with Crippen LogP contribution in [-0.4, -0.2) is 26.8 Å². The van der Waals surface area contributed by atoms with E-state index in [-0.39, 0.29) is 0 Å². The van der Waals surface area contributed by atoms with Crippen LogP contribution in [0.15, 0.2) is 11.6 Å². The third kappa shape index (κ3) is 10.8. The van der Waals surface area contributed by atoms with E-state index >= 15 is 0 Å². The Kier molecular flexibility index (Phi) is 12.9. The molecule has 108 valence electrons. The van der Waals surface area contributed by atoms with Crippen LogP contribution in [-0.2, 0) is 4.74 Å².